The number of aryl methyl sites for hydroxylation is 1. The highest BCUT2D eigenvalue weighted by molar-refractivity contribution is 5.91. The van der Waals surface area contributed by atoms with Gasteiger partial charge >= 0.3 is 5.69 Å². The maximum atomic E-state index is 12.5. The van der Waals surface area contributed by atoms with Crippen LogP contribution in [-0.2, 0) is 11.3 Å². The molecular formula is C18H15N7O3. The molecule has 0 radical (unpaired) electrons. The lowest BCUT2D eigenvalue weighted by molar-refractivity contribution is -0.116. The van der Waals surface area contributed by atoms with E-state index in [0.29, 0.717) is 22.3 Å². The zero-order valence-electron chi connectivity index (χ0n) is 14.8. The number of amides is 1. The molecule has 1 amide bonds. The highest BCUT2D eigenvalue weighted by atomic mass is 16.2. The largest absolute Gasteiger partial charge is 0.329 e. The van der Waals surface area contributed by atoms with Crippen molar-refractivity contribution in [3.8, 4) is 5.69 Å². The first-order valence-electron chi connectivity index (χ1n) is 8.38. The second kappa shape index (κ2) is 6.91. The van der Waals surface area contributed by atoms with Crippen LogP contribution in [0.15, 0.2) is 58.4 Å². The van der Waals surface area contributed by atoms with E-state index in [4.69, 9.17) is 0 Å². The van der Waals surface area contributed by atoms with E-state index in [1.807, 2.05) is 13.0 Å². The van der Waals surface area contributed by atoms with Gasteiger partial charge in [0.15, 0.2) is 0 Å². The van der Waals surface area contributed by atoms with E-state index in [9.17, 15) is 14.4 Å². The number of benzene rings is 2. The van der Waals surface area contributed by atoms with Crippen molar-refractivity contribution in [3.63, 3.8) is 0 Å². The molecule has 2 heterocycles. The minimum Gasteiger partial charge on any atom is -0.324 e. The molecule has 0 unspecified atom stereocenters. The van der Waals surface area contributed by atoms with Gasteiger partial charge in [0, 0.05) is 5.69 Å². The van der Waals surface area contributed by atoms with Crippen LogP contribution in [0.25, 0.3) is 16.6 Å². The maximum absolute atomic E-state index is 12.5. The van der Waals surface area contributed by atoms with E-state index in [2.05, 4.69) is 25.8 Å². The Hall–Kier alpha value is -4.08. The number of carbonyl (C=O) groups excluding carboxylic acids is 1. The molecule has 0 saturated heterocycles. The van der Waals surface area contributed by atoms with Gasteiger partial charge in [0.05, 0.1) is 16.6 Å². The molecule has 4 aromatic rings. The summed E-state index contributed by atoms with van der Waals surface area (Å²) < 4.78 is 2.34. The summed E-state index contributed by atoms with van der Waals surface area (Å²) in [6.07, 6.45) is 1.45. The average molecular weight is 377 g/mol. The number of fused-ring (bicyclic) bond motifs is 1. The standard InChI is InChI=1S/C18H15N7O3/c1-11-6-7-12(8-15(11)25-10-19-22-23-25)20-16(26)9-24-17(27)13-4-2-3-5-14(13)21-18(24)28/h2-8,10H,9H2,1H3,(H,20,26)(H,21,28). The van der Waals surface area contributed by atoms with Crippen molar-refractivity contribution in [3.05, 3.63) is 75.2 Å². The van der Waals surface area contributed by atoms with Crippen molar-refractivity contribution in [2.45, 2.75) is 13.5 Å². The number of aromatic amines is 1. The van der Waals surface area contributed by atoms with Gasteiger partial charge in [-0.25, -0.2) is 9.48 Å². The number of hydrogen-bond donors (Lipinski definition) is 2. The Morgan fingerprint density at radius 2 is 2.00 bits per heavy atom. The summed E-state index contributed by atoms with van der Waals surface area (Å²) in [7, 11) is 0. The first kappa shape index (κ1) is 17.3. The van der Waals surface area contributed by atoms with Crippen molar-refractivity contribution in [1.82, 2.24) is 29.8 Å². The quantitative estimate of drug-likeness (QED) is 0.536. The number of H-pyrrole nitrogens is 1. The highest BCUT2D eigenvalue weighted by Crippen LogP contribution is 2.18. The lowest BCUT2D eigenvalue weighted by atomic mass is 10.2. The summed E-state index contributed by atoms with van der Waals surface area (Å²) in [5.74, 6) is -0.505. The van der Waals surface area contributed by atoms with Crippen LogP contribution in [0.4, 0.5) is 5.69 Å². The van der Waals surface area contributed by atoms with Gasteiger partial charge < -0.3 is 10.3 Å². The van der Waals surface area contributed by atoms with Crippen molar-refractivity contribution in [2.24, 2.45) is 0 Å². The normalized spacial score (nSPS) is 10.9. The van der Waals surface area contributed by atoms with Crippen LogP contribution in [-0.4, -0.2) is 35.7 Å². The molecule has 0 fully saturated rings. The number of aromatic nitrogens is 6. The van der Waals surface area contributed by atoms with Gasteiger partial charge in [-0.15, -0.1) is 5.10 Å². The fourth-order valence-corrected chi connectivity index (χ4v) is 2.89. The Morgan fingerprint density at radius 3 is 2.79 bits per heavy atom. The summed E-state index contributed by atoms with van der Waals surface area (Å²) in [6, 6.07) is 11.9. The molecule has 140 valence electrons. The number of para-hydroxylation sites is 1. The smallest absolute Gasteiger partial charge is 0.324 e. The monoisotopic (exact) mass is 377 g/mol. The zero-order chi connectivity index (χ0) is 19.7. The van der Waals surface area contributed by atoms with E-state index < -0.39 is 23.7 Å². The number of carbonyl (C=O) groups is 1. The van der Waals surface area contributed by atoms with Crippen LogP contribution in [0.1, 0.15) is 5.56 Å². The predicted octanol–water partition coefficient (Wildman–Crippen LogP) is 0.613. The molecule has 0 atom stereocenters. The maximum Gasteiger partial charge on any atom is 0.329 e. The molecule has 28 heavy (non-hydrogen) atoms. The number of hydrogen-bond acceptors (Lipinski definition) is 6. The van der Waals surface area contributed by atoms with Crippen molar-refractivity contribution in [1.29, 1.82) is 0 Å². The van der Waals surface area contributed by atoms with Crippen molar-refractivity contribution < 1.29 is 4.79 Å². The Morgan fingerprint density at radius 1 is 1.18 bits per heavy atom. The molecule has 0 saturated carbocycles. The van der Waals surface area contributed by atoms with Crippen LogP contribution >= 0.6 is 0 Å². The van der Waals surface area contributed by atoms with E-state index >= 15 is 0 Å². The Kier molecular flexibility index (Phi) is 4.28. The molecule has 0 aliphatic heterocycles. The van der Waals surface area contributed by atoms with Gasteiger partial charge in [-0.05, 0) is 47.2 Å². The average Bonchev–Trinajstić information content (AvgIpc) is 3.21. The van der Waals surface area contributed by atoms with Crippen LogP contribution in [0.5, 0.6) is 0 Å². The Labute approximate surface area is 157 Å². The first-order valence-corrected chi connectivity index (χ1v) is 8.38. The summed E-state index contributed by atoms with van der Waals surface area (Å²) in [5.41, 5.74) is 1.37. The van der Waals surface area contributed by atoms with Crippen LogP contribution in [0.3, 0.4) is 0 Å². The number of tetrazole rings is 1. The van der Waals surface area contributed by atoms with Gasteiger partial charge in [-0.3, -0.25) is 14.2 Å². The summed E-state index contributed by atoms with van der Waals surface area (Å²) in [5, 5.41) is 14.1. The SMILES string of the molecule is Cc1ccc(NC(=O)Cn2c(=O)[nH]c3ccccc3c2=O)cc1-n1cnnn1. The first-order chi connectivity index (χ1) is 13.5. The number of nitrogens with zero attached hydrogens (tertiary/aromatic N) is 5. The van der Waals surface area contributed by atoms with E-state index in [0.717, 1.165) is 10.1 Å². The topological polar surface area (TPSA) is 128 Å². The molecule has 2 aromatic carbocycles. The Bertz CT molecular complexity index is 1290. The zero-order valence-corrected chi connectivity index (χ0v) is 14.8. The molecule has 0 spiro atoms. The molecule has 2 aromatic heterocycles. The van der Waals surface area contributed by atoms with E-state index in [1.54, 1.807) is 36.4 Å². The van der Waals surface area contributed by atoms with Crippen molar-refractivity contribution in [2.75, 3.05) is 5.32 Å². The van der Waals surface area contributed by atoms with Crippen LogP contribution in [0.2, 0.25) is 0 Å². The van der Waals surface area contributed by atoms with Gasteiger partial charge in [0.1, 0.15) is 12.9 Å². The molecule has 10 nitrogen and oxygen atoms in total. The number of rotatable bonds is 4. The molecule has 0 aliphatic rings. The molecule has 2 N–H and O–H groups in total. The minimum absolute atomic E-state index is 0.339. The lowest BCUT2D eigenvalue weighted by Crippen LogP contribution is -2.38. The second-order valence-corrected chi connectivity index (χ2v) is 6.17. The van der Waals surface area contributed by atoms with Crippen LogP contribution in [0, 0.1) is 6.92 Å². The minimum atomic E-state index is -0.642. The molecule has 4 rings (SSSR count). The second-order valence-electron chi connectivity index (χ2n) is 6.17. The number of anilines is 1. The highest BCUT2D eigenvalue weighted by Gasteiger charge is 2.12. The van der Waals surface area contributed by atoms with Crippen LogP contribution < -0.4 is 16.6 Å². The predicted molar refractivity (Wildman–Crippen MR) is 101 cm³/mol. The van der Waals surface area contributed by atoms with Gasteiger partial charge in [-0.2, -0.15) is 0 Å². The van der Waals surface area contributed by atoms with E-state index in [1.165, 1.54) is 11.0 Å². The number of nitrogens with one attached hydrogen (secondary N) is 2. The lowest BCUT2D eigenvalue weighted by Gasteiger charge is -2.10. The molecule has 0 bridgehead atoms. The van der Waals surface area contributed by atoms with Gasteiger partial charge in [0.2, 0.25) is 5.91 Å². The fourth-order valence-electron chi connectivity index (χ4n) is 2.89. The third-order valence-electron chi connectivity index (χ3n) is 4.28. The third kappa shape index (κ3) is 3.18. The third-order valence-corrected chi connectivity index (χ3v) is 4.28. The Balaban J connectivity index is 1.61. The molecule has 0 aliphatic carbocycles. The van der Waals surface area contributed by atoms with Crippen molar-refractivity contribution >= 4 is 22.5 Å². The molecule has 10 heteroatoms. The summed E-state index contributed by atoms with van der Waals surface area (Å²) in [6.45, 7) is 1.48. The van der Waals surface area contributed by atoms with E-state index in [-0.39, 0.29) is 0 Å². The summed E-state index contributed by atoms with van der Waals surface area (Å²) >= 11 is 0. The van der Waals surface area contributed by atoms with Gasteiger partial charge in [-0.1, -0.05) is 18.2 Å². The van der Waals surface area contributed by atoms with Gasteiger partial charge in [0.25, 0.3) is 5.56 Å². The molecular weight excluding hydrogens is 362 g/mol. The summed E-state index contributed by atoms with van der Waals surface area (Å²) in [4.78, 5) is 39.8. The fraction of sp³-hybridized carbons (Fsp3) is 0.111.